The van der Waals surface area contributed by atoms with Crippen LogP contribution in [0.5, 0.6) is 0 Å². The fourth-order valence-corrected chi connectivity index (χ4v) is 10.8. The number of carboxylic acid groups (broad SMARTS) is 1. The number of aliphatic hydroxyl groups excluding tert-OH is 1. The van der Waals surface area contributed by atoms with Gasteiger partial charge in [-0.25, -0.2) is 0 Å². The number of carboxylic acids is 1. The van der Waals surface area contributed by atoms with E-state index in [1.54, 1.807) is 0 Å². The summed E-state index contributed by atoms with van der Waals surface area (Å²) in [5.41, 5.74) is 2.45. The zero-order chi connectivity index (χ0) is 34.2. The topological polar surface area (TPSA) is 74.6 Å². The largest absolute Gasteiger partial charge is 0.481 e. The Hall–Kier alpha value is -2.03. The maximum absolute atomic E-state index is 13.2. The molecular weight excluding hydrogens is 615 g/mol. The summed E-state index contributed by atoms with van der Waals surface area (Å²) in [4.78, 5) is 24.0. The summed E-state index contributed by atoms with van der Waals surface area (Å²) >= 11 is 0. The number of hydrogen-bond acceptors (Lipinski definition) is 3. The molecule has 2 N–H and O–H groups in total. The molecule has 47 heavy (non-hydrogen) atoms. The van der Waals surface area contributed by atoms with Crippen molar-refractivity contribution in [2.24, 2.45) is 46.3 Å². The molecule has 0 bridgehead atoms. The van der Waals surface area contributed by atoms with Crippen LogP contribution in [-0.2, 0) is 22.4 Å². The highest BCUT2D eigenvalue weighted by Gasteiger charge is 2.62. The van der Waals surface area contributed by atoms with Crippen LogP contribution in [0.2, 0.25) is 0 Å². The summed E-state index contributed by atoms with van der Waals surface area (Å²) < 4.78 is 63.6. The second-order valence-corrected chi connectivity index (χ2v) is 16.1. The zero-order valence-electron chi connectivity index (χ0n) is 28.0. The number of benzene rings is 1. The average Bonchev–Trinajstić information content (AvgIpc) is 3.30. The Morgan fingerprint density at radius 3 is 2.19 bits per heavy atom. The lowest BCUT2D eigenvalue weighted by Crippen LogP contribution is -2.57. The van der Waals surface area contributed by atoms with Gasteiger partial charge in [0.25, 0.3) is 0 Å². The molecule has 0 saturated heterocycles. The predicted octanol–water partition coefficient (Wildman–Crippen LogP) is 9.60. The molecule has 0 spiro atoms. The Bertz CT molecular complexity index is 1250. The molecule has 4 unspecified atom stereocenters. The Morgan fingerprint density at radius 2 is 1.55 bits per heavy atom. The first-order valence-corrected chi connectivity index (χ1v) is 18.0. The zero-order valence-corrected chi connectivity index (χ0v) is 28.0. The van der Waals surface area contributed by atoms with Gasteiger partial charge in [-0.2, -0.15) is 22.0 Å². The van der Waals surface area contributed by atoms with Crippen LogP contribution >= 0.6 is 0 Å². The molecule has 4 aliphatic rings. The van der Waals surface area contributed by atoms with Crippen LogP contribution in [0.4, 0.5) is 22.0 Å². The van der Waals surface area contributed by atoms with Crippen LogP contribution in [0.3, 0.4) is 0 Å². The summed E-state index contributed by atoms with van der Waals surface area (Å²) in [5.74, 6) is -3.65. The van der Waals surface area contributed by atoms with E-state index in [4.69, 9.17) is 0 Å². The lowest BCUT2D eigenvalue weighted by atomic mass is 9.42. The summed E-state index contributed by atoms with van der Waals surface area (Å²) in [5, 5.41) is 20.6. The van der Waals surface area contributed by atoms with E-state index < -0.39 is 36.8 Å². The predicted molar refractivity (Wildman–Crippen MR) is 170 cm³/mol. The van der Waals surface area contributed by atoms with Crippen LogP contribution in [0.15, 0.2) is 24.3 Å². The number of ketones is 1. The first-order valence-electron chi connectivity index (χ1n) is 18.0. The Labute approximate surface area is 276 Å². The fourth-order valence-electron chi connectivity index (χ4n) is 10.8. The van der Waals surface area contributed by atoms with Crippen molar-refractivity contribution in [3.05, 3.63) is 35.4 Å². The Morgan fingerprint density at radius 1 is 0.915 bits per heavy atom. The minimum Gasteiger partial charge on any atom is -0.481 e. The van der Waals surface area contributed by atoms with Crippen molar-refractivity contribution in [1.29, 1.82) is 0 Å². The molecule has 0 aromatic heterocycles. The molecule has 1 aromatic rings. The van der Waals surface area contributed by atoms with E-state index in [1.165, 1.54) is 12.0 Å². The molecule has 264 valence electrons. The van der Waals surface area contributed by atoms with Crippen LogP contribution in [0.1, 0.15) is 121 Å². The minimum absolute atomic E-state index is 0.0189. The van der Waals surface area contributed by atoms with Crippen molar-refractivity contribution >= 4 is 11.8 Å². The highest BCUT2D eigenvalue weighted by atomic mass is 19.4. The van der Waals surface area contributed by atoms with Crippen LogP contribution < -0.4 is 0 Å². The van der Waals surface area contributed by atoms with E-state index in [2.05, 4.69) is 26.0 Å². The van der Waals surface area contributed by atoms with Gasteiger partial charge in [0.2, 0.25) is 0 Å². The molecule has 0 radical (unpaired) electrons. The lowest BCUT2D eigenvalue weighted by molar-refractivity contribution is -0.284. The van der Waals surface area contributed by atoms with Gasteiger partial charge in [-0.15, -0.1) is 0 Å². The van der Waals surface area contributed by atoms with Crippen molar-refractivity contribution < 1.29 is 41.8 Å². The lowest BCUT2D eigenvalue weighted by Gasteiger charge is -2.62. The number of aliphatic carboxylic acids is 1. The summed E-state index contributed by atoms with van der Waals surface area (Å²) in [6.45, 7) is 4.81. The maximum atomic E-state index is 13.2. The van der Waals surface area contributed by atoms with Gasteiger partial charge in [-0.1, -0.05) is 38.1 Å². The van der Waals surface area contributed by atoms with Crippen LogP contribution in [-0.4, -0.2) is 40.2 Å². The minimum atomic E-state index is -5.62. The molecule has 4 saturated carbocycles. The summed E-state index contributed by atoms with van der Waals surface area (Å²) in [7, 11) is 0. The van der Waals surface area contributed by atoms with Gasteiger partial charge < -0.3 is 10.2 Å². The second-order valence-electron chi connectivity index (χ2n) is 16.1. The van der Waals surface area contributed by atoms with Crippen molar-refractivity contribution in [2.75, 3.05) is 0 Å². The molecule has 4 aliphatic carbocycles. The summed E-state index contributed by atoms with van der Waals surface area (Å²) in [6.07, 6.45) is 4.36. The number of aliphatic hydroxyl groups is 1. The normalized spacial score (nSPS) is 34.8. The van der Waals surface area contributed by atoms with E-state index in [-0.39, 0.29) is 29.8 Å². The average molecular weight is 669 g/mol. The molecule has 1 aromatic carbocycles. The molecule has 9 heteroatoms. The first-order chi connectivity index (χ1) is 22.0. The van der Waals surface area contributed by atoms with Gasteiger partial charge in [-0.3, -0.25) is 9.59 Å². The van der Waals surface area contributed by atoms with E-state index >= 15 is 0 Å². The SMILES string of the molecule is C[C@]12CCC(=O)CC1CC[C@@H]1[C@H]2C(CCCc2ccc(CCCC(CCCC(F)(F)C(F)(F)F)C(=O)O)cc2)C[C@]2(C)C(O)CC[C@@H]12. The fraction of sp³-hybridized carbons (Fsp3) is 0.789. The standard InChI is InChI=1S/C38H53F5O4/c1-35-21-19-29(44)22-28(35)15-16-30-31-17-18-32(45)36(31,2)23-27(33(30)35)9-4-7-25-13-11-24(12-14-25)6-3-8-26(34(46)47)10-5-20-37(39,40)38(41,42)43/h11-14,26-28,30-33,45H,3-10,15-23H2,1-2H3,(H,46,47)/t26?,27?,28?,30-,31-,32?,33+,35-,36-/m0/s1. The van der Waals surface area contributed by atoms with Gasteiger partial charge in [0.1, 0.15) is 5.78 Å². The highest BCUT2D eigenvalue weighted by molar-refractivity contribution is 5.79. The monoisotopic (exact) mass is 668 g/mol. The van der Waals surface area contributed by atoms with Gasteiger partial charge >= 0.3 is 18.1 Å². The highest BCUT2D eigenvalue weighted by Crippen LogP contribution is 2.68. The van der Waals surface area contributed by atoms with Gasteiger partial charge in [0.05, 0.1) is 12.0 Å². The van der Waals surface area contributed by atoms with E-state index in [0.717, 1.165) is 63.4 Å². The molecule has 9 atom stereocenters. The van der Waals surface area contributed by atoms with Crippen LogP contribution in [0, 0.1) is 46.3 Å². The van der Waals surface area contributed by atoms with Crippen molar-refractivity contribution in [2.45, 2.75) is 141 Å². The Kier molecular flexibility index (Phi) is 10.9. The molecule has 4 fully saturated rings. The molecule has 0 amide bonds. The van der Waals surface area contributed by atoms with E-state index in [0.29, 0.717) is 54.6 Å². The number of halogens is 5. The molecule has 5 rings (SSSR count). The number of alkyl halides is 5. The van der Waals surface area contributed by atoms with E-state index in [1.807, 2.05) is 12.1 Å². The number of rotatable bonds is 13. The quantitative estimate of drug-likeness (QED) is 0.205. The third-order valence-corrected chi connectivity index (χ3v) is 13.4. The third-order valence-electron chi connectivity index (χ3n) is 13.4. The second kappa shape index (κ2) is 14.1. The number of carbonyl (C=O) groups is 2. The smallest absolute Gasteiger partial charge is 0.453 e. The number of carbonyl (C=O) groups excluding carboxylic acids is 1. The maximum Gasteiger partial charge on any atom is 0.453 e. The number of Topliss-reactive ketones (excluding diaryl/α,β-unsaturated/α-hetero) is 1. The summed E-state index contributed by atoms with van der Waals surface area (Å²) in [6, 6.07) is 8.29. The number of hydrogen-bond donors (Lipinski definition) is 2. The molecular formula is C38H53F5O4. The third kappa shape index (κ3) is 7.60. The van der Waals surface area contributed by atoms with Gasteiger partial charge in [0, 0.05) is 19.3 Å². The van der Waals surface area contributed by atoms with Crippen molar-refractivity contribution in [3.63, 3.8) is 0 Å². The van der Waals surface area contributed by atoms with Crippen molar-refractivity contribution in [3.8, 4) is 0 Å². The number of aryl methyl sites for hydroxylation is 2. The number of fused-ring (bicyclic) bond motifs is 5. The Balaban J connectivity index is 1.13. The molecule has 0 heterocycles. The van der Waals surface area contributed by atoms with E-state index in [9.17, 15) is 41.8 Å². The van der Waals surface area contributed by atoms with Gasteiger partial charge in [0.15, 0.2) is 0 Å². The van der Waals surface area contributed by atoms with Crippen LogP contribution in [0.25, 0.3) is 0 Å². The molecule has 0 aliphatic heterocycles. The first kappa shape index (κ1) is 36.3. The van der Waals surface area contributed by atoms with Crippen molar-refractivity contribution in [1.82, 2.24) is 0 Å². The molecule has 4 nitrogen and oxygen atoms in total. The van der Waals surface area contributed by atoms with Gasteiger partial charge in [-0.05, 0) is 141 Å².